The van der Waals surface area contributed by atoms with Crippen LogP contribution in [0.4, 0.5) is 0 Å². The lowest BCUT2D eigenvalue weighted by molar-refractivity contribution is -0.289. The topological polar surface area (TPSA) is 72.5 Å². The van der Waals surface area contributed by atoms with E-state index < -0.39 is 42.6 Å². The van der Waals surface area contributed by atoms with E-state index in [4.69, 9.17) is 28.4 Å². The van der Waals surface area contributed by atoms with Gasteiger partial charge in [0, 0.05) is 17.0 Å². The fourth-order valence-electron chi connectivity index (χ4n) is 6.91. The summed E-state index contributed by atoms with van der Waals surface area (Å²) < 4.78 is 41.4. The van der Waals surface area contributed by atoms with Crippen LogP contribution in [0.5, 0.6) is 0 Å². The maximum absolute atomic E-state index is 13.0. The highest BCUT2D eigenvalue weighted by Crippen LogP contribution is 2.40. The second-order valence-corrected chi connectivity index (χ2v) is 14.3. The summed E-state index contributed by atoms with van der Waals surface area (Å²) in [7, 11) is 0. The molecule has 8 heteroatoms. The largest absolute Gasteiger partial charge is 0.455 e. The number of carbonyl (C=O) groups is 1. The molecule has 3 unspecified atom stereocenters. The van der Waals surface area contributed by atoms with Gasteiger partial charge in [-0.3, -0.25) is 4.79 Å². The minimum Gasteiger partial charge on any atom is -0.455 e. The molecule has 53 heavy (non-hydrogen) atoms. The van der Waals surface area contributed by atoms with Crippen molar-refractivity contribution in [3.8, 4) is 0 Å². The molecule has 0 amide bonds. The van der Waals surface area contributed by atoms with Crippen LogP contribution in [0.15, 0.2) is 138 Å². The third-order valence-electron chi connectivity index (χ3n) is 9.35. The van der Waals surface area contributed by atoms with Crippen LogP contribution >= 0.6 is 15.9 Å². The van der Waals surface area contributed by atoms with Crippen LogP contribution in [-0.2, 0) is 59.6 Å². The number of benzene rings is 5. The van der Waals surface area contributed by atoms with Crippen LogP contribution in [0.25, 0.3) is 0 Å². The predicted molar refractivity (Wildman–Crippen MR) is 208 cm³/mol. The van der Waals surface area contributed by atoms with Crippen LogP contribution in [0.1, 0.15) is 52.0 Å². The SMILES string of the molecule is CC(=O)O[C@H](c1c(C)cc(Br)cc1C)[C@H]1OC(COCc2ccccc2)[C@@H](OCc2ccccc2)C(OCc2ccccc2)C1OCc1ccccc1. The molecule has 5 aromatic carbocycles. The standard InChI is InChI=1S/C45H47BrO7/c1-31-24-38(46)25-32(2)40(31)42(52-33(3)47)45-44(51-29-37-22-14-7-15-23-37)43(50-28-36-20-12-6-13-21-36)41(49-27-35-18-10-5-11-19-35)39(53-45)30-48-26-34-16-8-4-9-17-34/h4-25,39,41-45H,26-30H2,1-3H3/t39?,41-,42-,43?,44?,45-/m1/s1. The Bertz CT molecular complexity index is 1830. The van der Waals surface area contributed by atoms with Crippen molar-refractivity contribution in [1.82, 2.24) is 0 Å². The van der Waals surface area contributed by atoms with E-state index in [1.165, 1.54) is 6.92 Å². The first kappa shape index (κ1) is 38.6. The Labute approximate surface area is 321 Å². The molecule has 0 saturated carbocycles. The molecule has 0 N–H and O–H groups in total. The summed E-state index contributed by atoms with van der Waals surface area (Å²) in [5.41, 5.74) is 6.82. The van der Waals surface area contributed by atoms with Gasteiger partial charge in [0.05, 0.1) is 33.0 Å². The van der Waals surface area contributed by atoms with Gasteiger partial charge < -0.3 is 28.4 Å². The molecule has 0 spiro atoms. The molecule has 5 aromatic rings. The van der Waals surface area contributed by atoms with E-state index in [0.29, 0.717) is 19.8 Å². The molecule has 6 rings (SSSR count). The van der Waals surface area contributed by atoms with E-state index in [-0.39, 0.29) is 13.2 Å². The molecule has 1 fully saturated rings. The smallest absolute Gasteiger partial charge is 0.303 e. The molecule has 1 aliphatic rings. The Hall–Kier alpha value is -4.15. The van der Waals surface area contributed by atoms with E-state index in [1.54, 1.807) is 0 Å². The summed E-state index contributed by atoms with van der Waals surface area (Å²) in [4.78, 5) is 13.0. The van der Waals surface area contributed by atoms with Gasteiger partial charge in [-0.1, -0.05) is 137 Å². The average Bonchev–Trinajstić information content (AvgIpc) is 3.16. The lowest BCUT2D eigenvalue weighted by Gasteiger charge is -2.48. The fraction of sp³-hybridized carbons (Fsp3) is 0.311. The number of carbonyl (C=O) groups excluding carboxylic acids is 1. The maximum atomic E-state index is 13.0. The molecule has 6 atom stereocenters. The van der Waals surface area contributed by atoms with Crippen molar-refractivity contribution >= 4 is 21.9 Å². The molecular formula is C45H47BrO7. The minimum absolute atomic E-state index is 0.201. The lowest BCUT2D eigenvalue weighted by Crippen LogP contribution is -2.62. The zero-order valence-electron chi connectivity index (χ0n) is 30.4. The summed E-state index contributed by atoms with van der Waals surface area (Å²) >= 11 is 3.64. The van der Waals surface area contributed by atoms with Crippen molar-refractivity contribution < 1.29 is 33.2 Å². The van der Waals surface area contributed by atoms with Crippen molar-refractivity contribution in [3.63, 3.8) is 0 Å². The highest BCUT2D eigenvalue weighted by molar-refractivity contribution is 9.10. The Kier molecular flexibility index (Phi) is 14.0. The van der Waals surface area contributed by atoms with Gasteiger partial charge in [0.2, 0.25) is 0 Å². The predicted octanol–water partition coefficient (Wildman–Crippen LogP) is 9.41. The Morgan fingerprint density at radius 3 is 1.49 bits per heavy atom. The van der Waals surface area contributed by atoms with E-state index in [2.05, 4.69) is 15.9 Å². The van der Waals surface area contributed by atoms with E-state index >= 15 is 0 Å². The number of ether oxygens (including phenoxy) is 6. The third-order valence-corrected chi connectivity index (χ3v) is 9.81. The van der Waals surface area contributed by atoms with Crippen LogP contribution in [0.3, 0.4) is 0 Å². The first-order chi connectivity index (χ1) is 25.9. The van der Waals surface area contributed by atoms with Gasteiger partial charge in [-0.2, -0.15) is 0 Å². The van der Waals surface area contributed by atoms with Gasteiger partial charge in [-0.05, 0) is 59.4 Å². The van der Waals surface area contributed by atoms with Gasteiger partial charge in [0.15, 0.2) is 6.10 Å². The highest BCUT2D eigenvalue weighted by Gasteiger charge is 2.52. The second-order valence-electron chi connectivity index (χ2n) is 13.4. The van der Waals surface area contributed by atoms with Crippen LogP contribution in [-0.4, -0.2) is 43.1 Å². The number of hydrogen-bond acceptors (Lipinski definition) is 7. The van der Waals surface area contributed by atoms with Crippen molar-refractivity contribution in [2.24, 2.45) is 0 Å². The van der Waals surface area contributed by atoms with E-state index in [9.17, 15) is 4.79 Å². The minimum atomic E-state index is -0.823. The molecule has 7 nitrogen and oxygen atoms in total. The normalized spacial score (nSPS) is 20.5. The van der Waals surface area contributed by atoms with Crippen molar-refractivity contribution in [2.75, 3.05) is 6.61 Å². The Balaban J connectivity index is 1.43. The van der Waals surface area contributed by atoms with Crippen molar-refractivity contribution in [3.05, 3.63) is 177 Å². The summed E-state index contributed by atoms with van der Waals surface area (Å²) in [6.45, 7) is 6.95. The quantitative estimate of drug-likeness (QED) is 0.0925. The summed E-state index contributed by atoms with van der Waals surface area (Å²) in [5.74, 6) is -0.428. The molecule has 0 radical (unpaired) electrons. The molecule has 1 heterocycles. The van der Waals surface area contributed by atoms with Gasteiger partial charge in [0.1, 0.15) is 30.5 Å². The summed E-state index contributed by atoms with van der Waals surface area (Å²) in [5, 5.41) is 0. The fourth-order valence-corrected chi connectivity index (χ4v) is 7.60. The monoisotopic (exact) mass is 778 g/mol. The molecule has 0 aliphatic carbocycles. The molecule has 276 valence electrons. The second kappa shape index (κ2) is 19.3. The number of hydrogen-bond donors (Lipinski definition) is 0. The number of aryl methyl sites for hydroxylation is 2. The molecular weight excluding hydrogens is 732 g/mol. The van der Waals surface area contributed by atoms with Gasteiger partial charge in [-0.25, -0.2) is 0 Å². The van der Waals surface area contributed by atoms with E-state index in [0.717, 1.165) is 43.4 Å². The number of rotatable bonds is 16. The molecule has 0 aromatic heterocycles. The van der Waals surface area contributed by atoms with Gasteiger partial charge >= 0.3 is 5.97 Å². The summed E-state index contributed by atoms with van der Waals surface area (Å²) in [6.07, 6.45) is -4.21. The average molecular weight is 780 g/mol. The highest BCUT2D eigenvalue weighted by atomic mass is 79.9. The third kappa shape index (κ3) is 10.7. The molecule has 0 bridgehead atoms. The molecule has 1 aliphatic heterocycles. The van der Waals surface area contributed by atoms with Crippen LogP contribution in [0, 0.1) is 13.8 Å². The van der Waals surface area contributed by atoms with Gasteiger partial charge in [0.25, 0.3) is 0 Å². The first-order valence-corrected chi connectivity index (χ1v) is 18.8. The van der Waals surface area contributed by atoms with Crippen molar-refractivity contribution in [1.29, 1.82) is 0 Å². The Morgan fingerprint density at radius 2 is 1.04 bits per heavy atom. The first-order valence-electron chi connectivity index (χ1n) is 18.0. The maximum Gasteiger partial charge on any atom is 0.303 e. The van der Waals surface area contributed by atoms with Gasteiger partial charge in [-0.15, -0.1) is 0 Å². The van der Waals surface area contributed by atoms with Crippen LogP contribution < -0.4 is 0 Å². The zero-order valence-corrected chi connectivity index (χ0v) is 32.0. The summed E-state index contributed by atoms with van der Waals surface area (Å²) in [6, 6.07) is 44.2. The van der Waals surface area contributed by atoms with E-state index in [1.807, 2.05) is 147 Å². The lowest BCUT2D eigenvalue weighted by atomic mass is 9.86. The Morgan fingerprint density at radius 1 is 0.623 bits per heavy atom. The number of halogens is 1. The van der Waals surface area contributed by atoms with Crippen LogP contribution in [0.2, 0.25) is 0 Å². The number of esters is 1. The molecule has 1 saturated heterocycles. The van der Waals surface area contributed by atoms with Crippen molar-refractivity contribution in [2.45, 2.75) is 83.8 Å². The zero-order chi connectivity index (χ0) is 37.0.